The quantitative estimate of drug-likeness (QED) is 0.339. The van der Waals surface area contributed by atoms with Gasteiger partial charge in [-0.2, -0.15) is 0 Å². The van der Waals surface area contributed by atoms with Gasteiger partial charge in [0.05, 0.1) is 76.1 Å². The van der Waals surface area contributed by atoms with Gasteiger partial charge in [-0.3, -0.25) is 0 Å². The average molecular weight is 619 g/mol. The van der Waals surface area contributed by atoms with Crippen LogP contribution >= 0.6 is 0 Å². The summed E-state index contributed by atoms with van der Waals surface area (Å²) in [6.45, 7) is 0. The number of carbonyl (C=O) groups is 6. The second kappa shape index (κ2) is 9.88. The Morgan fingerprint density at radius 3 is 0.578 bits per heavy atom. The van der Waals surface area contributed by atoms with Gasteiger partial charge in [-0.1, -0.05) is 0 Å². The van der Waals surface area contributed by atoms with Gasteiger partial charge in [-0.25, -0.2) is 28.8 Å². The molecule has 0 heterocycles. The molecule has 12 nitrogen and oxygen atoms in total. The van der Waals surface area contributed by atoms with E-state index in [2.05, 4.69) is 0 Å². The van der Waals surface area contributed by atoms with E-state index in [0.717, 1.165) is 33.4 Å². The van der Waals surface area contributed by atoms with Crippen LogP contribution in [0, 0.1) is 0 Å². The fraction of sp³-hybridized carbons (Fsp3) is 0.455. The van der Waals surface area contributed by atoms with Crippen LogP contribution in [0.15, 0.2) is 33.4 Å². The van der Waals surface area contributed by atoms with E-state index in [-0.39, 0.29) is 33.4 Å². The summed E-state index contributed by atoms with van der Waals surface area (Å²) < 4.78 is 30.8. The summed E-state index contributed by atoms with van der Waals surface area (Å²) in [5, 5.41) is 0. The number of hydrogen-bond donors (Lipinski definition) is 0. The van der Waals surface area contributed by atoms with Crippen molar-refractivity contribution in [3.63, 3.8) is 0 Å². The first-order valence-corrected chi connectivity index (χ1v) is 14.6. The van der Waals surface area contributed by atoms with E-state index >= 15 is 0 Å². The highest BCUT2D eigenvalue weighted by molar-refractivity contribution is 6.09. The maximum Gasteiger partial charge on any atom is 0.334 e. The van der Waals surface area contributed by atoms with Gasteiger partial charge in [-0.05, 0) is 52.6 Å². The third-order valence-electron chi connectivity index (χ3n) is 10.6. The Morgan fingerprint density at radius 2 is 0.467 bits per heavy atom. The van der Waals surface area contributed by atoms with Crippen molar-refractivity contribution in [2.45, 2.75) is 54.8 Å². The molecule has 0 fully saturated rings. The van der Waals surface area contributed by atoms with Gasteiger partial charge in [0, 0.05) is 35.5 Å². The second-order valence-electron chi connectivity index (χ2n) is 11.9. The van der Waals surface area contributed by atoms with Gasteiger partial charge >= 0.3 is 35.8 Å². The maximum absolute atomic E-state index is 13.2. The standard InChI is InChI=1S/C33H30O12/c1-40-28(34)22-10-7-11(23(22)29(35)41-2)17-16(10)18-12-8-14(26(32(38)44-5)24(12)30(36)42-3)20(18)21-15-9-13(19(17)21)25(31(37)43-4)27(15)33(39)45-6/h10-15H,7-9H2,1-6H3/t10-,11+,12+,13-,14-,15+. The molecule has 7 rings (SSSR count). The fourth-order valence-corrected chi connectivity index (χ4v) is 9.41. The Hall–Kier alpha value is -4.74. The molecule has 0 saturated carbocycles. The second-order valence-corrected chi connectivity index (χ2v) is 11.9. The first-order valence-electron chi connectivity index (χ1n) is 14.6. The Labute approximate surface area is 257 Å². The highest BCUT2D eigenvalue weighted by Crippen LogP contribution is 2.72. The number of hydrogen-bond acceptors (Lipinski definition) is 12. The monoisotopic (exact) mass is 618 g/mol. The molecular weight excluding hydrogens is 588 g/mol. The molecule has 0 unspecified atom stereocenters. The smallest absolute Gasteiger partial charge is 0.334 e. The van der Waals surface area contributed by atoms with Crippen molar-refractivity contribution in [2.75, 3.05) is 42.7 Å². The topological polar surface area (TPSA) is 158 Å². The summed E-state index contributed by atoms with van der Waals surface area (Å²) in [7, 11) is 7.46. The predicted octanol–water partition coefficient (Wildman–Crippen LogP) is 2.37. The van der Waals surface area contributed by atoms with Crippen molar-refractivity contribution < 1.29 is 57.2 Å². The molecule has 0 radical (unpaired) electrons. The molecule has 1 aromatic rings. The summed E-state index contributed by atoms with van der Waals surface area (Å²) in [6, 6.07) is 0. The fourth-order valence-electron chi connectivity index (χ4n) is 9.41. The lowest BCUT2D eigenvalue weighted by Crippen LogP contribution is -2.28. The highest BCUT2D eigenvalue weighted by atomic mass is 16.5. The van der Waals surface area contributed by atoms with Gasteiger partial charge < -0.3 is 28.4 Å². The minimum Gasteiger partial charge on any atom is -0.466 e. The lowest BCUT2D eigenvalue weighted by Gasteiger charge is -2.34. The zero-order valence-corrected chi connectivity index (χ0v) is 25.5. The van der Waals surface area contributed by atoms with E-state index in [4.69, 9.17) is 28.4 Å². The van der Waals surface area contributed by atoms with Crippen molar-refractivity contribution >= 4 is 35.8 Å². The molecule has 45 heavy (non-hydrogen) atoms. The molecule has 0 aliphatic heterocycles. The molecule has 6 aliphatic rings. The Bertz CT molecular complexity index is 1440. The third kappa shape index (κ3) is 3.37. The molecule has 6 aliphatic carbocycles. The van der Waals surface area contributed by atoms with E-state index in [9.17, 15) is 28.8 Å². The van der Waals surface area contributed by atoms with Crippen molar-refractivity contribution in [1.82, 2.24) is 0 Å². The van der Waals surface area contributed by atoms with E-state index in [1.54, 1.807) is 0 Å². The highest BCUT2D eigenvalue weighted by Gasteiger charge is 2.62. The van der Waals surface area contributed by atoms with Crippen LogP contribution in [0.25, 0.3) is 0 Å². The lowest BCUT2D eigenvalue weighted by atomic mass is 9.69. The molecule has 6 bridgehead atoms. The van der Waals surface area contributed by atoms with Gasteiger partial charge in [0.15, 0.2) is 0 Å². The van der Waals surface area contributed by atoms with Crippen molar-refractivity contribution in [2.24, 2.45) is 0 Å². The molecule has 0 aromatic heterocycles. The normalized spacial score (nSPS) is 27.3. The van der Waals surface area contributed by atoms with Gasteiger partial charge in [-0.15, -0.1) is 0 Å². The van der Waals surface area contributed by atoms with Crippen LogP contribution < -0.4 is 0 Å². The summed E-state index contributed by atoms with van der Waals surface area (Å²) in [5.41, 5.74) is 5.93. The number of rotatable bonds is 6. The Morgan fingerprint density at radius 1 is 0.333 bits per heavy atom. The molecular formula is C33H30O12. The van der Waals surface area contributed by atoms with Gasteiger partial charge in [0.1, 0.15) is 0 Å². The number of benzene rings is 1. The van der Waals surface area contributed by atoms with Gasteiger partial charge in [0.25, 0.3) is 0 Å². The average Bonchev–Trinajstić information content (AvgIpc) is 3.91. The van der Waals surface area contributed by atoms with E-state index < -0.39 is 71.3 Å². The number of ether oxygens (including phenoxy) is 6. The minimum atomic E-state index is -0.658. The van der Waals surface area contributed by atoms with Crippen LogP contribution in [-0.4, -0.2) is 78.5 Å². The van der Waals surface area contributed by atoms with Crippen LogP contribution in [0.1, 0.15) is 88.2 Å². The zero-order chi connectivity index (χ0) is 32.2. The predicted molar refractivity (Wildman–Crippen MR) is 150 cm³/mol. The maximum atomic E-state index is 13.2. The molecule has 6 atom stereocenters. The SMILES string of the molecule is COC(=O)C1=C(C(=O)OC)[C@@H]2C[C@H]1c1c3c(c4c(c12)[C@@H]1C[C@H]4C(C(=O)OC)=C1C(=O)OC)[C@@H]1C[C@H]3C(C(=O)OC)=C1C(=O)OC. The molecule has 12 heteroatoms. The van der Waals surface area contributed by atoms with Gasteiger partial charge in [0.2, 0.25) is 0 Å². The number of methoxy groups -OCH3 is 6. The number of esters is 6. The summed E-state index contributed by atoms with van der Waals surface area (Å²) in [4.78, 5) is 79.5. The van der Waals surface area contributed by atoms with Crippen LogP contribution in [-0.2, 0) is 57.2 Å². The van der Waals surface area contributed by atoms with Crippen molar-refractivity contribution in [1.29, 1.82) is 0 Å². The van der Waals surface area contributed by atoms with Crippen LogP contribution in [0.4, 0.5) is 0 Å². The number of carbonyl (C=O) groups excluding carboxylic acids is 6. The summed E-state index contributed by atoms with van der Waals surface area (Å²) in [5.74, 6) is -7.31. The van der Waals surface area contributed by atoms with Crippen LogP contribution in [0.2, 0.25) is 0 Å². The Kier molecular flexibility index (Phi) is 6.37. The molecule has 1 aromatic carbocycles. The molecule has 234 valence electrons. The zero-order valence-electron chi connectivity index (χ0n) is 25.5. The van der Waals surface area contributed by atoms with Crippen LogP contribution in [0.5, 0.6) is 0 Å². The molecule has 0 saturated heterocycles. The lowest BCUT2D eigenvalue weighted by molar-refractivity contribution is -0.139. The molecule has 0 amide bonds. The van der Waals surface area contributed by atoms with E-state index in [0.29, 0.717) is 19.3 Å². The van der Waals surface area contributed by atoms with Crippen LogP contribution in [0.3, 0.4) is 0 Å². The molecule has 0 N–H and O–H groups in total. The van der Waals surface area contributed by atoms with Crippen molar-refractivity contribution in [3.05, 3.63) is 66.8 Å². The third-order valence-corrected chi connectivity index (χ3v) is 10.6. The van der Waals surface area contributed by atoms with E-state index in [1.165, 1.54) is 42.7 Å². The first-order chi connectivity index (χ1) is 21.6. The summed E-state index contributed by atoms with van der Waals surface area (Å²) >= 11 is 0. The van der Waals surface area contributed by atoms with E-state index in [1.807, 2.05) is 0 Å². The summed E-state index contributed by atoms with van der Waals surface area (Å²) in [6.07, 6.45) is 1.14. The minimum absolute atomic E-state index is 0.200. The first kappa shape index (κ1) is 29.0. The number of fused-ring (bicyclic) bond motifs is 18. The molecule has 0 spiro atoms. The Balaban J connectivity index is 1.57. The largest absolute Gasteiger partial charge is 0.466 e. The van der Waals surface area contributed by atoms with Crippen molar-refractivity contribution in [3.8, 4) is 0 Å².